The zero-order valence-electron chi connectivity index (χ0n) is 11.6. The van der Waals surface area contributed by atoms with Gasteiger partial charge in [-0.05, 0) is 30.2 Å². The SMILES string of the molecule is Cc1ccc(C=CC(=O)NC2(C(=O)O)CCOC2)cc1Cl. The Morgan fingerprint density at radius 2 is 2.24 bits per heavy atom. The molecule has 0 saturated carbocycles. The molecular formula is C15H16ClNO4. The monoisotopic (exact) mass is 309 g/mol. The molecule has 1 fully saturated rings. The van der Waals surface area contributed by atoms with Gasteiger partial charge in [0.2, 0.25) is 5.91 Å². The number of benzene rings is 1. The van der Waals surface area contributed by atoms with Crippen LogP contribution in [0.2, 0.25) is 5.02 Å². The van der Waals surface area contributed by atoms with Gasteiger partial charge in [0, 0.05) is 24.1 Å². The number of carboxylic acids is 1. The number of carbonyl (C=O) groups excluding carboxylic acids is 1. The molecule has 0 radical (unpaired) electrons. The molecule has 0 spiro atoms. The van der Waals surface area contributed by atoms with Crippen molar-refractivity contribution in [2.24, 2.45) is 0 Å². The summed E-state index contributed by atoms with van der Waals surface area (Å²) in [7, 11) is 0. The lowest BCUT2D eigenvalue weighted by Gasteiger charge is -2.22. The molecular weight excluding hydrogens is 294 g/mol. The number of aryl methyl sites for hydroxylation is 1. The van der Waals surface area contributed by atoms with Gasteiger partial charge in [-0.1, -0.05) is 23.7 Å². The largest absolute Gasteiger partial charge is 0.479 e. The summed E-state index contributed by atoms with van der Waals surface area (Å²) in [6.45, 7) is 2.20. The standard InChI is InChI=1S/C15H16ClNO4/c1-10-2-3-11(8-12(10)16)4-5-13(18)17-15(14(19)20)6-7-21-9-15/h2-5,8H,6-7,9H2,1H3,(H,17,18)(H,19,20). The Balaban J connectivity index is 2.05. The van der Waals surface area contributed by atoms with Crippen LogP contribution >= 0.6 is 11.6 Å². The normalized spacial score (nSPS) is 21.6. The van der Waals surface area contributed by atoms with Gasteiger partial charge >= 0.3 is 5.97 Å². The Bertz CT molecular complexity index is 591. The quantitative estimate of drug-likeness (QED) is 0.834. The molecule has 2 N–H and O–H groups in total. The maximum Gasteiger partial charge on any atom is 0.331 e. The number of amides is 1. The first-order valence-electron chi connectivity index (χ1n) is 6.50. The van der Waals surface area contributed by atoms with E-state index >= 15 is 0 Å². The fourth-order valence-corrected chi connectivity index (χ4v) is 2.24. The van der Waals surface area contributed by atoms with Crippen LogP contribution in [0.3, 0.4) is 0 Å². The molecule has 1 aliphatic rings. The van der Waals surface area contributed by atoms with E-state index in [1.165, 1.54) is 6.08 Å². The topological polar surface area (TPSA) is 75.6 Å². The molecule has 1 aliphatic heterocycles. The van der Waals surface area contributed by atoms with Crippen LogP contribution in [0, 0.1) is 6.92 Å². The van der Waals surface area contributed by atoms with E-state index in [1.807, 2.05) is 19.1 Å². The van der Waals surface area contributed by atoms with Crippen LogP contribution in [-0.2, 0) is 14.3 Å². The molecule has 1 saturated heterocycles. The first kappa shape index (κ1) is 15.5. The highest BCUT2D eigenvalue weighted by molar-refractivity contribution is 6.31. The van der Waals surface area contributed by atoms with Gasteiger partial charge in [-0.2, -0.15) is 0 Å². The second-order valence-electron chi connectivity index (χ2n) is 5.02. The van der Waals surface area contributed by atoms with Crippen LogP contribution < -0.4 is 5.32 Å². The highest BCUT2D eigenvalue weighted by Crippen LogP contribution is 2.20. The van der Waals surface area contributed by atoms with Crippen LogP contribution in [0.1, 0.15) is 17.5 Å². The number of carboxylic acid groups (broad SMARTS) is 1. The minimum absolute atomic E-state index is 0.0156. The number of carbonyl (C=O) groups is 2. The van der Waals surface area contributed by atoms with Gasteiger partial charge in [0.15, 0.2) is 5.54 Å². The van der Waals surface area contributed by atoms with Crippen LogP contribution in [-0.4, -0.2) is 35.7 Å². The predicted molar refractivity (Wildman–Crippen MR) is 79.2 cm³/mol. The summed E-state index contributed by atoms with van der Waals surface area (Å²) >= 11 is 6.00. The smallest absolute Gasteiger partial charge is 0.331 e. The van der Waals surface area contributed by atoms with Gasteiger partial charge < -0.3 is 15.2 Å². The minimum atomic E-state index is -1.33. The maximum atomic E-state index is 11.9. The molecule has 1 aromatic rings. The fraction of sp³-hybridized carbons (Fsp3) is 0.333. The first-order valence-corrected chi connectivity index (χ1v) is 6.88. The number of nitrogens with one attached hydrogen (secondary N) is 1. The molecule has 2 rings (SSSR count). The Labute approximate surface area is 127 Å². The maximum absolute atomic E-state index is 11.9. The molecule has 0 bridgehead atoms. The third kappa shape index (κ3) is 3.62. The molecule has 0 aromatic heterocycles. The van der Waals surface area contributed by atoms with E-state index in [2.05, 4.69) is 5.32 Å². The van der Waals surface area contributed by atoms with E-state index in [-0.39, 0.29) is 13.0 Å². The summed E-state index contributed by atoms with van der Waals surface area (Å²) in [6.07, 6.45) is 3.15. The lowest BCUT2D eigenvalue weighted by molar-refractivity contribution is -0.147. The van der Waals surface area contributed by atoms with Gasteiger partial charge in [-0.25, -0.2) is 4.79 Å². The van der Waals surface area contributed by atoms with E-state index in [1.54, 1.807) is 12.1 Å². The zero-order valence-corrected chi connectivity index (χ0v) is 12.3. The number of ether oxygens (including phenoxy) is 1. The molecule has 5 nitrogen and oxygen atoms in total. The summed E-state index contributed by atoms with van der Waals surface area (Å²) in [5.41, 5.74) is 0.394. The summed E-state index contributed by atoms with van der Waals surface area (Å²) < 4.78 is 5.08. The van der Waals surface area contributed by atoms with Crippen molar-refractivity contribution in [2.75, 3.05) is 13.2 Å². The summed E-state index contributed by atoms with van der Waals surface area (Å²) in [6, 6.07) is 5.42. The Morgan fingerprint density at radius 3 is 2.81 bits per heavy atom. The van der Waals surface area contributed by atoms with Crippen LogP contribution in [0.5, 0.6) is 0 Å². The average Bonchev–Trinajstić information content (AvgIpc) is 2.90. The van der Waals surface area contributed by atoms with Crippen molar-refractivity contribution >= 4 is 29.6 Å². The van der Waals surface area contributed by atoms with Crippen molar-refractivity contribution in [1.29, 1.82) is 0 Å². The molecule has 1 aromatic carbocycles. The van der Waals surface area contributed by atoms with Gasteiger partial charge in [-0.3, -0.25) is 4.79 Å². The lowest BCUT2D eigenvalue weighted by atomic mass is 9.99. The summed E-state index contributed by atoms with van der Waals surface area (Å²) in [5, 5.41) is 12.3. The molecule has 1 unspecified atom stereocenters. The second kappa shape index (κ2) is 6.28. The molecule has 1 amide bonds. The average molecular weight is 310 g/mol. The minimum Gasteiger partial charge on any atom is -0.479 e. The summed E-state index contributed by atoms with van der Waals surface area (Å²) in [5.74, 6) is -1.56. The Hall–Kier alpha value is -1.85. The van der Waals surface area contributed by atoms with E-state index in [0.717, 1.165) is 11.1 Å². The van der Waals surface area contributed by atoms with E-state index in [0.29, 0.717) is 11.6 Å². The van der Waals surface area contributed by atoms with Gasteiger partial charge in [0.25, 0.3) is 0 Å². The van der Waals surface area contributed by atoms with E-state index in [4.69, 9.17) is 16.3 Å². The number of hydrogen-bond acceptors (Lipinski definition) is 3. The van der Waals surface area contributed by atoms with Crippen molar-refractivity contribution < 1.29 is 19.4 Å². The highest BCUT2D eigenvalue weighted by Gasteiger charge is 2.43. The lowest BCUT2D eigenvalue weighted by Crippen LogP contribution is -2.54. The molecule has 21 heavy (non-hydrogen) atoms. The van der Waals surface area contributed by atoms with E-state index in [9.17, 15) is 14.7 Å². The number of aliphatic carboxylic acids is 1. The van der Waals surface area contributed by atoms with Crippen molar-refractivity contribution in [2.45, 2.75) is 18.9 Å². The van der Waals surface area contributed by atoms with Gasteiger partial charge in [0.1, 0.15) is 0 Å². The highest BCUT2D eigenvalue weighted by atomic mass is 35.5. The Kier molecular flexibility index (Phi) is 4.65. The molecule has 112 valence electrons. The van der Waals surface area contributed by atoms with Crippen LogP contribution in [0.25, 0.3) is 6.08 Å². The van der Waals surface area contributed by atoms with Crippen LogP contribution in [0.4, 0.5) is 0 Å². The second-order valence-corrected chi connectivity index (χ2v) is 5.43. The number of hydrogen-bond donors (Lipinski definition) is 2. The fourth-order valence-electron chi connectivity index (χ4n) is 2.05. The van der Waals surface area contributed by atoms with Crippen molar-refractivity contribution in [3.8, 4) is 0 Å². The molecule has 0 aliphatic carbocycles. The molecule has 1 heterocycles. The van der Waals surface area contributed by atoms with Crippen LogP contribution in [0.15, 0.2) is 24.3 Å². The van der Waals surface area contributed by atoms with Gasteiger partial charge in [-0.15, -0.1) is 0 Å². The summed E-state index contributed by atoms with van der Waals surface area (Å²) in [4.78, 5) is 23.2. The van der Waals surface area contributed by atoms with Crippen molar-refractivity contribution in [3.63, 3.8) is 0 Å². The van der Waals surface area contributed by atoms with Crippen molar-refractivity contribution in [1.82, 2.24) is 5.32 Å². The van der Waals surface area contributed by atoms with E-state index < -0.39 is 17.4 Å². The third-order valence-electron chi connectivity index (χ3n) is 3.42. The molecule has 1 atom stereocenters. The zero-order chi connectivity index (χ0) is 15.5. The predicted octanol–water partition coefficient (Wildman–Crippen LogP) is 2.02. The Morgan fingerprint density at radius 1 is 1.48 bits per heavy atom. The van der Waals surface area contributed by atoms with Gasteiger partial charge in [0.05, 0.1) is 6.61 Å². The first-order chi connectivity index (χ1) is 9.93. The van der Waals surface area contributed by atoms with Crippen molar-refractivity contribution in [3.05, 3.63) is 40.4 Å². The molecule has 6 heteroatoms. The third-order valence-corrected chi connectivity index (χ3v) is 3.82. The number of halogens is 1. The number of rotatable bonds is 4.